The van der Waals surface area contributed by atoms with E-state index in [1.807, 2.05) is 0 Å². The lowest BCUT2D eigenvalue weighted by Crippen LogP contribution is -2.29. The minimum atomic E-state index is -0.557. The third-order valence-corrected chi connectivity index (χ3v) is 2.20. The number of nitrogen functional groups attached to an aromatic ring is 1. The Hall–Kier alpha value is -1.86. The third-order valence-electron chi connectivity index (χ3n) is 2.20. The van der Waals surface area contributed by atoms with E-state index >= 15 is 0 Å². The van der Waals surface area contributed by atoms with Gasteiger partial charge in [-0.05, 0) is 12.1 Å². The van der Waals surface area contributed by atoms with Gasteiger partial charge in [-0.1, -0.05) is 6.07 Å². The lowest BCUT2D eigenvalue weighted by Gasteiger charge is -2.16. The minimum absolute atomic E-state index is 0.0779. The number of nitro benzene ring substituents is 1. The highest BCUT2D eigenvalue weighted by Crippen LogP contribution is 2.30. The maximum Gasteiger partial charge on any atom is 0.314 e. The number of hydrogen-bond acceptors (Lipinski definition) is 6. The smallest absolute Gasteiger partial charge is 0.314 e. The molecule has 7 nitrogen and oxygen atoms in total. The Labute approximate surface area is 98.3 Å². The monoisotopic (exact) mass is 241 g/mol. The molecule has 1 aromatic rings. The van der Waals surface area contributed by atoms with Crippen molar-refractivity contribution in [1.82, 2.24) is 0 Å². The number of ether oxygens (including phenoxy) is 1. The first-order valence-electron chi connectivity index (χ1n) is 4.99. The summed E-state index contributed by atoms with van der Waals surface area (Å²) < 4.78 is 4.87. The van der Waals surface area contributed by atoms with Crippen molar-refractivity contribution in [2.24, 2.45) is 0 Å². The molecule has 0 amide bonds. The standard InChI is InChI=1S/C10H15N3O4/c1-17-6-7(5-14)12-9-4-2-3-8(11)10(9)13(15)16/h2-4,7,12,14H,5-6,11H2,1H3. The van der Waals surface area contributed by atoms with Crippen molar-refractivity contribution in [3.05, 3.63) is 28.3 Å². The van der Waals surface area contributed by atoms with Crippen LogP contribution in [0.25, 0.3) is 0 Å². The van der Waals surface area contributed by atoms with Gasteiger partial charge >= 0.3 is 5.69 Å². The second-order valence-corrected chi connectivity index (χ2v) is 3.48. The van der Waals surface area contributed by atoms with Crippen LogP contribution in [-0.4, -0.2) is 36.4 Å². The Morgan fingerprint density at radius 2 is 2.35 bits per heavy atom. The number of nitro groups is 1. The Morgan fingerprint density at radius 1 is 1.65 bits per heavy atom. The first-order chi connectivity index (χ1) is 8.10. The van der Waals surface area contributed by atoms with Gasteiger partial charge in [0.05, 0.1) is 24.2 Å². The molecule has 1 atom stereocenters. The third kappa shape index (κ3) is 3.30. The Morgan fingerprint density at radius 3 is 2.88 bits per heavy atom. The second kappa shape index (κ2) is 6.02. The topological polar surface area (TPSA) is 111 Å². The van der Waals surface area contributed by atoms with Gasteiger partial charge in [0, 0.05) is 7.11 Å². The van der Waals surface area contributed by atoms with Crippen LogP contribution in [0.5, 0.6) is 0 Å². The fourth-order valence-electron chi connectivity index (χ4n) is 1.44. The molecule has 0 spiro atoms. The van der Waals surface area contributed by atoms with E-state index in [2.05, 4.69) is 5.32 Å². The summed E-state index contributed by atoms with van der Waals surface area (Å²) in [7, 11) is 1.48. The minimum Gasteiger partial charge on any atom is -0.394 e. The molecule has 0 radical (unpaired) electrons. The number of nitrogens with zero attached hydrogens (tertiary/aromatic N) is 1. The molecule has 0 heterocycles. The van der Waals surface area contributed by atoms with Crippen molar-refractivity contribution >= 4 is 17.1 Å². The number of para-hydroxylation sites is 1. The van der Waals surface area contributed by atoms with E-state index in [0.29, 0.717) is 0 Å². The van der Waals surface area contributed by atoms with Gasteiger partial charge < -0.3 is 20.9 Å². The number of aliphatic hydroxyl groups is 1. The predicted molar refractivity (Wildman–Crippen MR) is 63.9 cm³/mol. The van der Waals surface area contributed by atoms with Crippen LogP contribution in [0, 0.1) is 10.1 Å². The van der Waals surface area contributed by atoms with E-state index in [0.717, 1.165) is 0 Å². The predicted octanol–water partition coefficient (Wildman–Crippen LogP) is 0.596. The molecule has 17 heavy (non-hydrogen) atoms. The molecule has 0 saturated heterocycles. The summed E-state index contributed by atoms with van der Waals surface area (Å²) in [5.74, 6) is 0. The average molecular weight is 241 g/mol. The summed E-state index contributed by atoms with van der Waals surface area (Å²) in [4.78, 5) is 10.3. The van der Waals surface area contributed by atoms with Crippen molar-refractivity contribution in [2.45, 2.75) is 6.04 Å². The highest BCUT2D eigenvalue weighted by molar-refractivity contribution is 5.74. The molecule has 0 aliphatic rings. The fourth-order valence-corrected chi connectivity index (χ4v) is 1.44. The Bertz CT molecular complexity index is 397. The van der Waals surface area contributed by atoms with Crippen LogP contribution in [0.15, 0.2) is 18.2 Å². The van der Waals surface area contributed by atoms with E-state index in [1.165, 1.54) is 19.2 Å². The van der Waals surface area contributed by atoms with Crippen LogP contribution < -0.4 is 11.1 Å². The molecule has 0 aromatic heterocycles. The zero-order valence-corrected chi connectivity index (χ0v) is 9.42. The molecule has 0 aliphatic heterocycles. The fraction of sp³-hybridized carbons (Fsp3) is 0.400. The summed E-state index contributed by atoms with van der Waals surface area (Å²) in [5, 5.41) is 22.8. The molecule has 7 heteroatoms. The molecule has 0 saturated carbocycles. The molecule has 94 valence electrons. The first-order valence-corrected chi connectivity index (χ1v) is 4.99. The SMILES string of the molecule is COCC(CO)Nc1cccc(N)c1[N+](=O)[O-]. The molecule has 4 N–H and O–H groups in total. The van der Waals surface area contributed by atoms with Gasteiger partial charge in [0.2, 0.25) is 0 Å². The van der Waals surface area contributed by atoms with Crippen LogP contribution in [0.2, 0.25) is 0 Å². The zero-order valence-electron chi connectivity index (χ0n) is 9.42. The molecule has 0 aliphatic carbocycles. The van der Waals surface area contributed by atoms with Gasteiger partial charge in [0.15, 0.2) is 0 Å². The van der Waals surface area contributed by atoms with Crippen molar-refractivity contribution in [3.8, 4) is 0 Å². The normalized spacial score (nSPS) is 12.1. The Kier molecular flexibility index (Phi) is 4.68. The van der Waals surface area contributed by atoms with E-state index in [1.54, 1.807) is 6.07 Å². The number of aliphatic hydroxyl groups excluding tert-OH is 1. The maximum absolute atomic E-state index is 10.9. The summed E-state index contributed by atoms with van der Waals surface area (Å²) in [6, 6.07) is 4.17. The summed E-state index contributed by atoms with van der Waals surface area (Å²) >= 11 is 0. The maximum atomic E-state index is 10.9. The molecular weight excluding hydrogens is 226 g/mol. The average Bonchev–Trinajstić information content (AvgIpc) is 2.28. The van der Waals surface area contributed by atoms with Gasteiger partial charge in [-0.3, -0.25) is 10.1 Å². The number of hydrogen-bond donors (Lipinski definition) is 3. The number of methoxy groups -OCH3 is 1. The summed E-state index contributed by atoms with van der Waals surface area (Å²) in [6.07, 6.45) is 0. The van der Waals surface area contributed by atoms with Gasteiger partial charge in [0.25, 0.3) is 0 Å². The molecule has 1 unspecified atom stereocenters. The van der Waals surface area contributed by atoms with Gasteiger partial charge in [-0.2, -0.15) is 0 Å². The van der Waals surface area contributed by atoms with E-state index < -0.39 is 11.0 Å². The summed E-state index contributed by atoms with van der Waals surface area (Å²) in [5.41, 5.74) is 5.69. The van der Waals surface area contributed by atoms with Gasteiger partial charge in [-0.25, -0.2) is 0 Å². The second-order valence-electron chi connectivity index (χ2n) is 3.48. The van der Waals surface area contributed by atoms with Crippen molar-refractivity contribution in [3.63, 3.8) is 0 Å². The van der Waals surface area contributed by atoms with Gasteiger partial charge in [0.1, 0.15) is 11.4 Å². The van der Waals surface area contributed by atoms with Crippen molar-refractivity contribution < 1.29 is 14.8 Å². The van der Waals surface area contributed by atoms with Crippen LogP contribution in [-0.2, 0) is 4.74 Å². The highest BCUT2D eigenvalue weighted by atomic mass is 16.6. The number of rotatable bonds is 6. The number of nitrogens with two attached hydrogens (primary N) is 1. The molecule has 0 fully saturated rings. The van der Waals surface area contributed by atoms with E-state index in [4.69, 9.17) is 15.6 Å². The number of anilines is 2. The lowest BCUT2D eigenvalue weighted by molar-refractivity contribution is -0.383. The van der Waals surface area contributed by atoms with Gasteiger partial charge in [-0.15, -0.1) is 0 Å². The first kappa shape index (κ1) is 13.2. The van der Waals surface area contributed by atoms with Crippen LogP contribution in [0.3, 0.4) is 0 Å². The number of benzene rings is 1. The molecule has 1 rings (SSSR count). The number of nitrogens with one attached hydrogen (secondary N) is 1. The van der Waals surface area contributed by atoms with Crippen LogP contribution >= 0.6 is 0 Å². The molecule has 1 aromatic carbocycles. The van der Waals surface area contributed by atoms with Crippen molar-refractivity contribution in [1.29, 1.82) is 0 Å². The van der Waals surface area contributed by atoms with Crippen molar-refractivity contribution in [2.75, 3.05) is 31.4 Å². The quantitative estimate of drug-likeness (QED) is 0.382. The lowest BCUT2D eigenvalue weighted by atomic mass is 10.2. The highest BCUT2D eigenvalue weighted by Gasteiger charge is 2.19. The molecular formula is C10H15N3O4. The largest absolute Gasteiger partial charge is 0.394 e. The van der Waals surface area contributed by atoms with Crippen LogP contribution in [0.1, 0.15) is 0 Å². The zero-order chi connectivity index (χ0) is 12.8. The van der Waals surface area contributed by atoms with E-state index in [-0.39, 0.29) is 30.3 Å². The van der Waals surface area contributed by atoms with Crippen LogP contribution in [0.4, 0.5) is 17.1 Å². The van der Waals surface area contributed by atoms with E-state index in [9.17, 15) is 10.1 Å². The summed E-state index contributed by atoms with van der Waals surface area (Å²) in [6.45, 7) is 0.0439. The molecule has 0 bridgehead atoms. The Balaban J connectivity index is 2.97.